The van der Waals surface area contributed by atoms with Gasteiger partial charge in [-0.15, -0.1) is 0 Å². The van der Waals surface area contributed by atoms with Gasteiger partial charge in [-0.25, -0.2) is 24.3 Å². The van der Waals surface area contributed by atoms with Crippen LogP contribution in [0.4, 0.5) is 16.0 Å². The Morgan fingerprint density at radius 1 is 0.960 bits per heavy atom. The second-order valence-corrected chi connectivity index (χ2v) is 6.86. The van der Waals surface area contributed by atoms with E-state index in [9.17, 15) is 4.39 Å². The number of aromatic nitrogens is 5. The molecule has 128 valence electrons. The van der Waals surface area contributed by atoms with E-state index in [1.165, 1.54) is 6.07 Å². The highest BCUT2D eigenvalue weighted by atomic mass is 19.1. The monoisotopic (exact) mass is 339 g/mol. The molecule has 5 rings (SSSR count). The molecule has 0 bridgehead atoms. The maximum Gasteiger partial charge on any atom is 0.165 e. The van der Waals surface area contributed by atoms with Crippen molar-refractivity contribution in [2.45, 2.75) is 0 Å². The molecule has 3 aromatic heterocycles. The van der Waals surface area contributed by atoms with Crippen LogP contribution >= 0.6 is 0 Å². The second-order valence-electron chi connectivity index (χ2n) is 6.86. The normalized spacial score (nSPS) is 22.8. The lowest BCUT2D eigenvalue weighted by atomic mass is 10.0. The van der Waals surface area contributed by atoms with E-state index in [1.54, 1.807) is 24.9 Å². The third kappa shape index (κ3) is 2.24. The molecule has 0 aromatic carbocycles. The summed E-state index contributed by atoms with van der Waals surface area (Å²) < 4.78 is 15.9. The van der Waals surface area contributed by atoms with Crippen molar-refractivity contribution >= 4 is 22.8 Å². The summed E-state index contributed by atoms with van der Waals surface area (Å²) in [4.78, 5) is 21.8. The molecular weight excluding hydrogens is 321 g/mol. The minimum Gasteiger partial charge on any atom is -0.354 e. The lowest BCUT2D eigenvalue weighted by Crippen LogP contribution is -2.30. The topological polar surface area (TPSA) is 63.0 Å². The van der Waals surface area contributed by atoms with Gasteiger partial charge in [0.25, 0.3) is 0 Å². The van der Waals surface area contributed by atoms with E-state index < -0.39 is 0 Å². The van der Waals surface area contributed by atoms with Crippen molar-refractivity contribution in [3.05, 3.63) is 36.8 Å². The predicted molar refractivity (Wildman–Crippen MR) is 91.9 cm³/mol. The number of imidazole rings is 1. The highest BCUT2D eigenvalue weighted by molar-refractivity contribution is 5.83. The first-order valence-electron chi connectivity index (χ1n) is 8.43. The molecule has 0 aliphatic carbocycles. The summed E-state index contributed by atoms with van der Waals surface area (Å²) in [6.45, 7) is 3.45. The van der Waals surface area contributed by atoms with Crippen molar-refractivity contribution in [1.29, 1.82) is 0 Å². The summed E-state index contributed by atoms with van der Waals surface area (Å²) in [6, 6.07) is 3.10. The molecule has 8 heteroatoms. The fraction of sp³-hybridized carbons (Fsp3) is 0.412. The van der Waals surface area contributed by atoms with E-state index >= 15 is 0 Å². The number of nitrogens with zero attached hydrogens (tertiary/aromatic N) is 7. The Bertz CT molecular complexity index is 926. The van der Waals surface area contributed by atoms with Crippen LogP contribution in [0.1, 0.15) is 0 Å². The maximum atomic E-state index is 14.0. The average Bonchev–Trinajstić information content (AvgIpc) is 3.28. The Labute approximate surface area is 144 Å². The first kappa shape index (κ1) is 14.6. The van der Waals surface area contributed by atoms with Gasteiger partial charge in [-0.2, -0.15) is 0 Å². The molecule has 0 spiro atoms. The Balaban J connectivity index is 1.38. The number of anilines is 2. The van der Waals surface area contributed by atoms with Crippen LogP contribution in [0.5, 0.6) is 0 Å². The largest absolute Gasteiger partial charge is 0.354 e. The molecule has 7 nitrogen and oxygen atoms in total. The van der Waals surface area contributed by atoms with Crippen LogP contribution in [0.25, 0.3) is 11.2 Å². The van der Waals surface area contributed by atoms with E-state index in [0.29, 0.717) is 17.7 Å². The smallest absolute Gasteiger partial charge is 0.165 e. The van der Waals surface area contributed by atoms with Gasteiger partial charge in [0.15, 0.2) is 28.6 Å². The van der Waals surface area contributed by atoms with Crippen LogP contribution in [-0.4, -0.2) is 50.7 Å². The second kappa shape index (κ2) is 5.37. The molecule has 3 aromatic rings. The molecule has 0 amide bonds. The Kier molecular flexibility index (Phi) is 3.13. The van der Waals surface area contributed by atoms with E-state index in [1.807, 2.05) is 11.6 Å². The number of aryl methyl sites for hydroxylation is 1. The molecule has 0 N–H and O–H groups in total. The summed E-state index contributed by atoms with van der Waals surface area (Å²) in [5.74, 6) is 2.09. The van der Waals surface area contributed by atoms with Crippen LogP contribution in [0, 0.1) is 17.7 Å². The van der Waals surface area contributed by atoms with Gasteiger partial charge in [-0.1, -0.05) is 0 Å². The molecule has 2 unspecified atom stereocenters. The number of rotatable bonds is 2. The number of hydrogen-bond donors (Lipinski definition) is 0. The fourth-order valence-electron chi connectivity index (χ4n) is 4.11. The zero-order chi connectivity index (χ0) is 17.0. The zero-order valence-electron chi connectivity index (χ0n) is 13.9. The highest BCUT2D eigenvalue weighted by Crippen LogP contribution is 2.36. The molecule has 5 heterocycles. The van der Waals surface area contributed by atoms with Gasteiger partial charge in [-0.3, -0.25) is 0 Å². The van der Waals surface area contributed by atoms with Crippen molar-refractivity contribution in [1.82, 2.24) is 24.5 Å². The van der Waals surface area contributed by atoms with Crippen LogP contribution in [0.3, 0.4) is 0 Å². The molecular formula is C17H18FN7. The SMILES string of the molecule is Cn1cnc2c(N3CC4CN(c5ncccc5F)CC4C3)ncnc21. The average molecular weight is 339 g/mol. The van der Waals surface area contributed by atoms with Crippen LogP contribution in [0.15, 0.2) is 31.0 Å². The highest BCUT2D eigenvalue weighted by Gasteiger charge is 2.42. The number of halogens is 1. The number of hydrogen-bond acceptors (Lipinski definition) is 6. The summed E-state index contributed by atoms with van der Waals surface area (Å²) in [7, 11) is 1.93. The van der Waals surface area contributed by atoms with Gasteiger partial charge >= 0.3 is 0 Å². The molecule has 2 fully saturated rings. The summed E-state index contributed by atoms with van der Waals surface area (Å²) in [5, 5.41) is 0. The van der Waals surface area contributed by atoms with Crippen LogP contribution < -0.4 is 9.80 Å². The first-order chi connectivity index (χ1) is 12.2. The van der Waals surface area contributed by atoms with Crippen molar-refractivity contribution in [2.24, 2.45) is 18.9 Å². The van der Waals surface area contributed by atoms with Crippen LogP contribution in [0.2, 0.25) is 0 Å². The zero-order valence-corrected chi connectivity index (χ0v) is 13.9. The molecule has 2 atom stereocenters. The lowest BCUT2D eigenvalue weighted by molar-refractivity contribution is 0.533. The third-order valence-corrected chi connectivity index (χ3v) is 5.30. The van der Waals surface area contributed by atoms with E-state index in [4.69, 9.17) is 0 Å². The Hall–Kier alpha value is -2.77. The Morgan fingerprint density at radius 3 is 2.40 bits per heavy atom. The minimum absolute atomic E-state index is 0.245. The Morgan fingerprint density at radius 2 is 1.68 bits per heavy atom. The molecule has 2 aliphatic rings. The molecule has 25 heavy (non-hydrogen) atoms. The standard InChI is InChI=1S/C17H18FN7/c1-23-10-22-14-16(23)20-9-21-17(14)25-7-11-5-24(6-12(11)8-25)15-13(18)3-2-4-19-15/h2-4,9-12H,5-8H2,1H3. The van der Waals surface area contributed by atoms with Gasteiger partial charge in [0.1, 0.15) is 6.33 Å². The van der Waals surface area contributed by atoms with E-state index in [-0.39, 0.29) is 5.82 Å². The minimum atomic E-state index is -0.245. The molecule has 0 saturated carbocycles. The maximum absolute atomic E-state index is 14.0. The van der Waals surface area contributed by atoms with Crippen molar-refractivity contribution < 1.29 is 4.39 Å². The number of fused-ring (bicyclic) bond motifs is 2. The summed E-state index contributed by atoms with van der Waals surface area (Å²) in [6.07, 6.45) is 5.02. The molecule has 0 radical (unpaired) electrons. The van der Waals surface area contributed by atoms with Gasteiger partial charge in [0.2, 0.25) is 0 Å². The predicted octanol–water partition coefficient (Wildman–Crippen LogP) is 1.47. The quantitative estimate of drug-likeness (QED) is 0.705. The van der Waals surface area contributed by atoms with Gasteiger partial charge < -0.3 is 14.4 Å². The van der Waals surface area contributed by atoms with Crippen molar-refractivity contribution in [2.75, 3.05) is 36.0 Å². The third-order valence-electron chi connectivity index (χ3n) is 5.30. The van der Waals surface area contributed by atoms with Crippen molar-refractivity contribution in [3.8, 4) is 0 Å². The van der Waals surface area contributed by atoms with E-state index in [0.717, 1.165) is 43.2 Å². The molecule has 2 saturated heterocycles. The van der Waals surface area contributed by atoms with Crippen molar-refractivity contribution in [3.63, 3.8) is 0 Å². The fourth-order valence-corrected chi connectivity index (χ4v) is 4.11. The van der Waals surface area contributed by atoms with Gasteiger partial charge in [0.05, 0.1) is 6.33 Å². The lowest BCUT2D eigenvalue weighted by Gasteiger charge is -2.23. The van der Waals surface area contributed by atoms with E-state index in [2.05, 4.69) is 29.7 Å². The first-order valence-corrected chi connectivity index (χ1v) is 8.43. The van der Waals surface area contributed by atoms with Gasteiger partial charge in [-0.05, 0) is 12.1 Å². The molecule has 2 aliphatic heterocycles. The van der Waals surface area contributed by atoms with Crippen LogP contribution in [-0.2, 0) is 7.05 Å². The summed E-state index contributed by atoms with van der Waals surface area (Å²) in [5.41, 5.74) is 1.69. The van der Waals surface area contributed by atoms with Gasteiger partial charge in [0, 0.05) is 51.3 Å². The number of pyridine rings is 1. The summed E-state index contributed by atoms with van der Waals surface area (Å²) >= 11 is 0.